The first-order valence-electron chi connectivity index (χ1n) is 11.3. The fourth-order valence-electron chi connectivity index (χ4n) is 4.42. The number of likely N-dealkylation sites (tertiary alicyclic amines) is 1. The number of benzene rings is 2. The van der Waals surface area contributed by atoms with Gasteiger partial charge >= 0.3 is 0 Å². The van der Waals surface area contributed by atoms with Crippen LogP contribution < -0.4 is 5.32 Å². The maximum Gasteiger partial charge on any atom is 0.254 e. The second-order valence-corrected chi connectivity index (χ2v) is 10.6. The molecule has 9 heteroatoms. The van der Waals surface area contributed by atoms with E-state index in [0.29, 0.717) is 44.6 Å². The van der Waals surface area contributed by atoms with E-state index in [1.165, 1.54) is 22.5 Å². The molecule has 2 saturated heterocycles. The highest BCUT2D eigenvalue weighted by atomic mass is 32.2. The van der Waals surface area contributed by atoms with E-state index in [1.807, 2.05) is 31.2 Å². The summed E-state index contributed by atoms with van der Waals surface area (Å²) in [5, 5.41) is 12.9. The van der Waals surface area contributed by atoms with E-state index in [4.69, 9.17) is 0 Å². The molecule has 2 aromatic carbocycles. The second kappa shape index (κ2) is 9.52. The monoisotopic (exact) mass is 471 g/mol. The first-order valence-corrected chi connectivity index (χ1v) is 12.7. The number of anilines is 1. The van der Waals surface area contributed by atoms with Crippen molar-refractivity contribution < 1.29 is 23.1 Å². The Labute approximate surface area is 194 Å². The van der Waals surface area contributed by atoms with Crippen LogP contribution in [0.1, 0.15) is 41.6 Å². The molecule has 0 radical (unpaired) electrons. The molecule has 0 aliphatic carbocycles. The molecular weight excluding hydrogens is 442 g/mol. The second-order valence-electron chi connectivity index (χ2n) is 8.66. The Hall–Kier alpha value is -2.91. The highest BCUT2D eigenvalue weighted by molar-refractivity contribution is 7.89. The molecule has 0 atom stereocenters. The number of nitrogens with zero attached hydrogens (tertiary/aromatic N) is 2. The molecule has 0 bridgehead atoms. The lowest BCUT2D eigenvalue weighted by Crippen LogP contribution is -2.41. The maximum atomic E-state index is 12.9. The van der Waals surface area contributed by atoms with Crippen LogP contribution in [0, 0.1) is 12.8 Å². The van der Waals surface area contributed by atoms with Gasteiger partial charge in [0.15, 0.2) is 0 Å². The van der Waals surface area contributed by atoms with Crippen LogP contribution in [0.4, 0.5) is 5.69 Å². The molecule has 176 valence electrons. The predicted octanol–water partition coefficient (Wildman–Crippen LogP) is 2.98. The van der Waals surface area contributed by atoms with Gasteiger partial charge in [-0.25, -0.2) is 8.42 Å². The summed E-state index contributed by atoms with van der Waals surface area (Å²) in [4.78, 5) is 27.5. The van der Waals surface area contributed by atoms with Gasteiger partial charge in [-0.05, 0) is 62.4 Å². The zero-order chi connectivity index (χ0) is 23.6. The smallest absolute Gasteiger partial charge is 0.254 e. The van der Waals surface area contributed by atoms with Crippen molar-refractivity contribution in [1.82, 2.24) is 9.21 Å². The molecule has 2 N–H and O–H groups in total. The van der Waals surface area contributed by atoms with Crippen molar-refractivity contribution in [3.8, 4) is 5.75 Å². The minimum absolute atomic E-state index is 0.0376. The first-order chi connectivity index (χ1) is 15.8. The highest BCUT2D eigenvalue weighted by Crippen LogP contribution is 2.30. The number of nitrogens with one attached hydrogen (secondary N) is 1. The van der Waals surface area contributed by atoms with Gasteiger partial charge in [-0.1, -0.05) is 18.2 Å². The molecule has 2 heterocycles. The van der Waals surface area contributed by atoms with E-state index >= 15 is 0 Å². The SMILES string of the molecule is Cc1ccccc1C(=O)N1CCC(C(=O)Nc2cc(S(=O)(=O)N3CCCC3)ccc2O)CC1. The Kier molecular flexibility index (Phi) is 6.71. The summed E-state index contributed by atoms with van der Waals surface area (Å²) in [6.07, 6.45) is 2.64. The van der Waals surface area contributed by atoms with E-state index in [0.717, 1.165) is 18.4 Å². The normalized spacial score (nSPS) is 17.8. The largest absolute Gasteiger partial charge is 0.506 e. The van der Waals surface area contributed by atoms with Gasteiger partial charge in [0.1, 0.15) is 5.75 Å². The number of hydrogen-bond donors (Lipinski definition) is 2. The van der Waals surface area contributed by atoms with Crippen LogP contribution in [-0.4, -0.2) is 60.7 Å². The number of carbonyl (C=O) groups is 2. The summed E-state index contributed by atoms with van der Waals surface area (Å²) in [5.41, 5.74) is 1.67. The van der Waals surface area contributed by atoms with E-state index in [9.17, 15) is 23.1 Å². The molecule has 2 aliphatic rings. The van der Waals surface area contributed by atoms with Crippen molar-refractivity contribution in [3.05, 3.63) is 53.6 Å². The molecule has 0 aromatic heterocycles. The van der Waals surface area contributed by atoms with Crippen molar-refractivity contribution >= 4 is 27.5 Å². The van der Waals surface area contributed by atoms with Gasteiger partial charge in [0.25, 0.3) is 5.91 Å². The minimum Gasteiger partial charge on any atom is -0.506 e. The van der Waals surface area contributed by atoms with Gasteiger partial charge < -0.3 is 15.3 Å². The summed E-state index contributed by atoms with van der Waals surface area (Å²) in [6.45, 7) is 3.77. The summed E-state index contributed by atoms with van der Waals surface area (Å²) in [5.74, 6) is -0.839. The summed E-state index contributed by atoms with van der Waals surface area (Å²) in [7, 11) is -3.66. The average molecular weight is 472 g/mol. The fraction of sp³-hybridized carbons (Fsp3) is 0.417. The van der Waals surface area contributed by atoms with Gasteiger partial charge in [-0.15, -0.1) is 0 Å². The highest BCUT2D eigenvalue weighted by Gasteiger charge is 2.30. The number of hydrogen-bond acceptors (Lipinski definition) is 5. The van der Waals surface area contributed by atoms with E-state index in [-0.39, 0.29) is 34.1 Å². The van der Waals surface area contributed by atoms with Gasteiger partial charge in [0.05, 0.1) is 10.6 Å². The van der Waals surface area contributed by atoms with Crippen molar-refractivity contribution in [1.29, 1.82) is 0 Å². The predicted molar refractivity (Wildman–Crippen MR) is 125 cm³/mol. The topological polar surface area (TPSA) is 107 Å². The van der Waals surface area contributed by atoms with Gasteiger partial charge in [0.2, 0.25) is 15.9 Å². The molecule has 0 spiro atoms. The van der Waals surface area contributed by atoms with Crippen LogP contribution in [0.5, 0.6) is 5.75 Å². The lowest BCUT2D eigenvalue weighted by molar-refractivity contribution is -0.121. The van der Waals surface area contributed by atoms with Crippen LogP contribution >= 0.6 is 0 Å². The Bertz CT molecular complexity index is 1150. The molecule has 2 aromatic rings. The van der Waals surface area contributed by atoms with Crippen LogP contribution in [0.2, 0.25) is 0 Å². The first kappa shape index (κ1) is 23.3. The lowest BCUT2D eigenvalue weighted by atomic mass is 9.95. The van der Waals surface area contributed by atoms with Crippen LogP contribution in [-0.2, 0) is 14.8 Å². The summed E-state index contributed by atoms with van der Waals surface area (Å²) < 4.78 is 27.1. The Balaban J connectivity index is 1.40. The number of amides is 2. The van der Waals surface area contributed by atoms with E-state index in [2.05, 4.69) is 5.32 Å². The molecular formula is C24H29N3O5S. The number of piperidine rings is 1. The summed E-state index contributed by atoms with van der Waals surface area (Å²) >= 11 is 0. The minimum atomic E-state index is -3.66. The van der Waals surface area contributed by atoms with Crippen LogP contribution in [0.15, 0.2) is 47.4 Å². The number of rotatable bonds is 5. The van der Waals surface area contributed by atoms with Crippen molar-refractivity contribution in [2.24, 2.45) is 5.92 Å². The standard InChI is InChI=1S/C24H29N3O5S/c1-17-6-2-3-7-20(17)24(30)26-14-10-18(11-15-26)23(29)25-21-16-19(8-9-22(21)28)33(31,32)27-12-4-5-13-27/h2-3,6-9,16,18,28H,4-5,10-15H2,1H3,(H,25,29). The molecule has 0 unspecified atom stereocenters. The zero-order valence-electron chi connectivity index (χ0n) is 18.7. The molecule has 2 fully saturated rings. The molecule has 2 amide bonds. The maximum absolute atomic E-state index is 12.9. The van der Waals surface area contributed by atoms with E-state index < -0.39 is 10.0 Å². The third kappa shape index (κ3) is 4.89. The third-order valence-electron chi connectivity index (χ3n) is 6.46. The van der Waals surface area contributed by atoms with Crippen LogP contribution in [0.25, 0.3) is 0 Å². The average Bonchev–Trinajstić information content (AvgIpc) is 3.36. The zero-order valence-corrected chi connectivity index (χ0v) is 19.5. The molecule has 2 aliphatic heterocycles. The lowest BCUT2D eigenvalue weighted by Gasteiger charge is -2.31. The summed E-state index contributed by atoms with van der Waals surface area (Å²) in [6, 6.07) is 11.4. The quantitative estimate of drug-likeness (QED) is 0.652. The van der Waals surface area contributed by atoms with Crippen LogP contribution in [0.3, 0.4) is 0 Å². The van der Waals surface area contributed by atoms with Gasteiger partial charge in [0, 0.05) is 37.7 Å². The Morgan fingerprint density at radius 3 is 2.33 bits per heavy atom. The van der Waals surface area contributed by atoms with Gasteiger partial charge in [-0.3, -0.25) is 9.59 Å². The number of carbonyl (C=O) groups excluding carboxylic acids is 2. The fourth-order valence-corrected chi connectivity index (χ4v) is 5.96. The van der Waals surface area contributed by atoms with Crippen molar-refractivity contribution in [3.63, 3.8) is 0 Å². The van der Waals surface area contributed by atoms with Gasteiger partial charge in [-0.2, -0.15) is 4.31 Å². The number of phenols is 1. The Morgan fingerprint density at radius 1 is 1.00 bits per heavy atom. The number of sulfonamides is 1. The number of phenolic OH excluding ortho intramolecular Hbond substituents is 1. The molecule has 33 heavy (non-hydrogen) atoms. The van der Waals surface area contributed by atoms with Crippen molar-refractivity contribution in [2.75, 3.05) is 31.5 Å². The molecule has 4 rings (SSSR count). The third-order valence-corrected chi connectivity index (χ3v) is 8.35. The molecule has 0 saturated carbocycles. The number of aryl methyl sites for hydroxylation is 1. The van der Waals surface area contributed by atoms with Crippen molar-refractivity contribution in [2.45, 2.75) is 37.5 Å². The molecule has 8 nitrogen and oxygen atoms in total. The Morgan fingerprint density at radius 2 is 1.67 bits per heavy atom. The van der Waals surface area contributed by atoms with E-state index in [1.54, 1.807) is 4.90 Å². The number of aromatic hydroxyl groups is 1.